The maximum Gasteiger partial charge on any atom is 0.407 e. The first-order valence-electron chi connectivity index (χ1n) is 6.07. The van der Waals surface area contributed by atoms with Gasteiger partial charge in [0.2, 0.25) is 0 Å². The number of hydrogen-bond acceptors (Lipinski definition) is 1. The van der Waals surface area contributed by atoms with Crippen molar-refractivity contribution in [2.45, 2.75) is 18.8 Å². The third-order valence-electron chi connectivity index (χ3n) is 2.91. The van der Waals surface area contributed by atoms with E-state index in [0.717, 1.165) is 10.0 Å². The van der Waals surface area contributed by atoms with Gasteiger partial charge in [-0.2, -0.15) is 13.2 Å². The summed E-state index contributed by atoms with van der Waals surface area (Å²) in [5.41, 5.74) is 1.00. The van der Waals surface area contributed by atoms with Crippen LogP contribution in [0.5, 0.6) is 0 Å². The van der Waals surface area contributed by atoms with E-state index in [1.807, 2.05) is 12.1 Å². The second-order valence-corrected chi connectivity index (χ2v) is 5.21. The van der Waals surface area contributed by atoms with E-state index in [-0.39, 0.29) is 12.1 Å². The average Bonchev–Trinajstić information content (AvgIpc) is 2.41. The van der Waals surface area contributed by atoms with E-state index in [1.54, 1.807) is 30.3 Å². The first-order chi connectivity index (χ1) is 9.48. The standard InChI is InChI=1S/C15H13BrF3N/c16-13-9-5-4-8-12(13)10-20-14(15(17,18)19)11-6-2-1-3-7-11/h1-9,14,20H,10H2. The van der Waals surface area contributed by atoms with E-state index in [1.165, 1.54) is 12.1 Å². The van der Waals surface area contributed by atoms with Crippen molar-refractivity contribution in [2.24, 2.45) is 0 Å². The van der Waals surface area contributed by atoms with Gasteiger partial charge in [0.15, 0.2) is 0 Å². The van der Waals surface area contributed by atoms with Crippen molar-refractivity contribution < 1.29 is 13.2 Å². The molecule has 1 nitrogen and oxygen atoms in total. The predicted molar refractivity (Wildman–Crippen MR) is 76.2 cm³/mol. The number of benzene rings is 2. The topological polar surface area (TPSA) is 12.0 Å². The van der Waals surface area contributed by atoms with Gasteiger partial charge in [0.05, 0.1) is 0 Å². The lowest BCUT2D eigenvalue weighted by Gasteiger charge is -2.22. The minimum Gasteiger partial charge on any atom is -0.298 e. The lowest BCUT2D eigenvalue weighted by Crippen LogP contribution is -2.33. The van der Waals surface area contributed by atoms with Crippen molar-refractivity contribution >= 4 is 15.9 Å². The smallest absolute Gasteiger partial charge is 0.298 e. The molecule has 0 spiro atoms. The lowest BCUT2D eigenvalue weighted by atomic mass is 10.1. The maximum atomic E-state index is 13.1. The van der Waals surface area contributed by atoms with E-state index >= 15 is 0 Å². The van der Waals surface area contributed by atoms with Crippen molar-refractivity contribution in [2.75, 3.05) is 0 Å². The molecule has 2 rings (SSSR count). The summed E-state index contributed by atoms with van der Waals surface area (Å²) in [4.78, 5) is 0. The minimum absolute atomic E-state index is 0.139. The van der Waals surface area contributed by atoms with Gasteiger partial charge in [-0.25, -0.2) is 0 Å². The van der Waals surface area contributed by atoms with Gasteiger partial charge in [-0.3, -0.25) is 5.32 Å². The minimum atomic E-state index is -4.33. The van der Waals surface area contributed by atoms with Crippen molar-refractivity contribution in [1.29, 1.82) is 0 Å². The molecule has 20 heavy (non-hydrogen) atoms. The van der Waals surface area contributed by atoms with E-state index in [0.29, 0.717) is 0 Å². The van der Waals surface area contributed by atoms with Crippen LogP contribution in [0, 0.1) is 0 Å². The zero-order valence-corrected chi connectivity index (χ0v) is 12.1. The molecular weight excluding hydrogens is 331 g/mol. The molecule has 1 N–H and O–H groups in total. The summed E-state index contributed by atoms with van der Waals surface area (Å²) in [6, 6.07) is 13.4. The summed E-state index contributed by atoms with van der Waals surface area (Å²) < 4.78 is 40.2. The number of nitrogens with one attached hydrogen (secondary N) is 1. The van der Waals surface area contributed by atoms with E-state index in [9.17, 15) is 13.2 Å². The SMILES string of the molecule is FC(F)(F)C(NCc1ccccc1Br)c1ccccc1. The molecule has 0 aliphatic heterocycles. The Labute approximate surface area is 123 Å². The van der Waals surface area contributed by atoms with Crippen molar-refractivity contribution in [3.8, 4) is 0 Å². The van der Waals surface area contributed by atoms with E-state index in [4.69, 9.17) is 0 Å². The van der Waals surface area contributed by atoms with Crippen LogP contribution >= 0.6 is 15.9 Å². The summed E-state index contributed by atoms with van der Waals surface area (Å²) in [5.74, 6) is 0. The molecule has 0 saturated carbocycles. The fourth-order valence-electron chi connectivity index (χ4n) is 1.92. The summed E-state index contributed by atoms with van der Waals surface area (Å²) in [7, 11) is 0. The van der Waals surface area contributed by atoms with Gasteiger partial charge in [-0.15, -0.1) is 0 Å². The third kappa shape index (κ3) is 3.84. The molecule has 2 aromatic carbocycles. The largest absolute Gasteiger partial charge is 0.407 e. The molecule has 0 aliphatic rings. The Hall–Kier alpha value is -1.33. The van der Waals surface area contributed by atoms with Crippen LogP contribution in [0.2, 0.25) is 0 Å². The molecule has 5 heteroatoms. The number of halogens is 4. The Balaban J connectivity index is 2.16. The molecule has 0 saturated heterocycles. The number of alkyl halides is 3. The molecule has 0 heterocycles. The Morgan fingerprint density at radius 1 is 0.950 bits per heavy atom. The van der Waals surface area contributed by atoms with Gasteiger partial charge < -0.3 is 0 Å². The molecule has 1 atom stereocenters. The highest BCUT2D eigenvalue weighted by molar-refractivity contribution is 9.10. The van der Waals surface area contributed by atoms with Gasteiger partial charge >= 0.3 is 6.18 Å². The molecule has 106 valence electrons. The average molecular weight is 344 g/mol. The van der Waals surface area contributed by atoms with Gasteiger partial charge in [-0.05, 0) is 17.2 Å². The number of hydrogen-bond donors (Lipinski definition) is 1. The summed E-state index contributed by atoms with van der Waals surface area (Å²) in [6.45, 7) is 0.139. The van der Waals surface area contributed by atoms with Crippen LogP contribution in [0.15, 0.2) is 59.1 Å². The summed E-state index contributed by atoms with van der Waals surface area (Å²) >= 11 is 3.33. The van der Waals surface area contributed by atoms with Crippen molar-refractivity contribution in [3.63, 3.8) is 0 Å². The molecule has 0 fully saturated rings. The lowest BCUT2D eigenvalue weighted by molar-refractivity contribution is -0.158. The highest BCUT2D eigenvalue weighted by Gasteiger charge is 2.40. The van der Waals surface area contributed by atoms with Crippen LogP contribution in [-0.4, -0.2) is 6.18 Å². The quantitative estimate of drug-likeness (QED) is 0.837. The number of rotatable bonds is 4. The van der Waals surface area contributed by atoms with Crippen LogP contribution in [0.25, 0.3) is 0 Å². The summed E-state index contributed by atoms with van der Waals surface area (Å²) in [6.07, 6.45) is -4.33. The van der Waals surface area contributed by atoms with E-state index < -0.39 is 12.2 Å². The highest BCUT2D eigenvalue weighted by Crippen LogP contribution is 2.33. The fraction of sp³-hybridized carbons (Fsp3) is 0.200. The highest BCUT2D eigenvalue weighted by atomic mass is 79.9. The van der Waals surface area contributed by atoms with Gasteiger partial charge in [0.25, 0.3) is 0 Å². The molecule has 1 unspecified atom stereocenters. The van der Waals surface area contributed by atoms with Crippen LogP contribution in [0.4, 0.5) is 13.2 Å². The molecule has 0 radical (unpaired) electrons. The second kappa shape index (κ2) is 6.41. The van der Waals surface area contributed by atoms with Gasteiger partial charge in [-0.1, -0.05) is 64.5 Å². The van der Waals surface area contributed by atoms with Gasteiger partial charge in [0, 0.05) is 11.0 Å². The van der Waals surface area contributed by atoms with Crippen LogP contribution in [0.1, 0.15) is 17.2 Å². The fourth-order valence-corrected chi connectivity index (χ4v) is 2.35. The first-order valence-corrected chi connectivity index (χ1v) is 6.86. The first kappa shape index (κ1) is 15.1. The Morgan fingerprint density at radius 3 is 2.15 bits per heavy atom. The second-order valence-electron chi connectivity index (χ2n) is 4.36. The molecule has 0 aliphatic carbocycles. The zero-order chi connectivity index (χ0) is 14.6. The Bertz CT molecular complexity index is 555. The predicted octanol–water partition coefficient (Wildman–Crippen LogP) is 4.84. The maximum absolute atomic E-state index is 13.1. The third-order valence-corrected chi connectivity index (χ3v) is 3.69. The van der Waals surface area contributed by atoms with Crippen LogP contribution < -0.4 is 5.32 Å². The summed E-state index contributed by atoms with van der Waals surface area (Å²) in [5, 5.41) is 2.58. The zero-order valence-electron chi connectivity index (χ0n) is 10.5. The molecule has 0 aromatic heterocycles. The van der Waals surface area contributed by atoms with Crippen molar-refractivity contribution in [1.82, 2.24) is 5.32 Å². The van der Waals surface area contributed by atoms with Gasteiger partial charge in [0.1, 0.15) is 6.04 Å². The molecular formula is C15H13BrF3N. The Kier molecular flexibility index (Phi) is 4.83. The monoisotopic (exact) mass is 343 g/mol. The van der Waals surface area contributed by atoms with E-state index in [2.05, 4.69) is 21.2 Å². The molecule has 0 bridgehead atoms. The Morgan fingerprint density at radius 2 is 1.55 bits per heavy atom. The van der Waals surface area contributed by atoms with Crippen molar-refractivity contribution in [3.05, 3.63) is 70.2 Å². The van der Waals surface area contributed by atoms with Crippen LogP contribution in [-0.2, 0) is 6.54 Å². The normalized spacial score (nSPS) is 13.2. The van der Waals surface area contributed by atoms with Crippen LogP contribution in [0.3, 0.4) is 0 Å². The molecule has 0 amide bonds. The molecule has 2 aromatic rings.